The van der Waals surface area contributed by atoms with Gasteiger partial charge in [0.05, 0.1) is 18.1 Å². The molecule has 0 saturated carbocycles. The van der Waals surface area contributed by atoms with Crippen LogP contribution in [0.5, 0.6) is 0 Å². The van der Waals surface area contributed by atoms with Crippen molar-refractivity contribution in [1.82, 2.24) is 24.4 Å². The SMILES string of the molecule is CC(C)c1c(-c2cnn(C(c3ccccc3)c3ccccc3)c2)[nH]c2c(C#N)cnn2c1=O. The highest BCUT2D eigenvalue weighted by Gasteiger charge is 2.22. The highest BCUT2D eigenvalue weighted by Crippen LogP contribution is 2.30. The van der Waals surface area contributed by atoms with Gasteiger partial charge in [-0.3, -0.25) is 9.48 Å². The van der Waals surface area contributed by atoms with Crippen LogP contribution < -0.4 is 5.56 Å². The highest BCUT2D eigenvalue weighted by molar-refractivity contribution is 5.67. The minimum absolute atomic E-state index is 0.0507. The zero-order chi connectivity index (χ0) is 22.9. The van der Waals surface area contributed by atoms with Gasteiger partial charge in [0.2, 0.25) is 0 Å². The fourth-order valence-corrected chi connectivity index (χ4v) is 4.25. The predicted molar refractivity (Wildman–Crippen MR) is 126 cm³/mol. The first-order valence-corrected chi connectivity index (χ1v) is 10.8. The standard InChI is InChI=1S/C26H22N6O/c1-17(2)22-23(30-25-20(13-27)14-29-32(25)26(22)33)21-15-28-31(16-21)24(18-9-5-3-6-10-18)19-11-7-4-8-12-19/h3-12,14-17,24,30H,1-2H3. The number of nitrogens with one attached hydrogen (secondary N) is 1. The second kappa shape index (κ2) is 8.24. The van der Waals surface area contributed by atoms with Crippen LogP contribution in [0.2, 0.25) is 0 Å². The van der Waals surface area contributed by atoms with Crippen LogP contribution in [0.3, 0.4) is 0 Å². The molecule has 0 aliphatic carbocycles. The fourth-order valence-electron chi connectivity index (χ4n) is 4.25. The van der Waals surface area contributed by atoms with Crippen molar-refractivity contribution in [2.45, 2.75) is 25.8 Å². The minimum atomic E-state index is -0.231. The number of H-pyrrole nitrogens is 1. The lowest BCUT2D eigenvalue weighted by atomic mass is 9.98. The van der Waals surface area contributed by atoms with Crippen molar-refractivity contribution in [1.29, 1.82) is 5.26 Å². The third kappa shape index (κ3) is 3.52. The molecule has 5 aromatic rings. The largest absolute Gasteiger partial charge is 0.338 e. The Morgan fingerprint density at radius 3 is 2.15 bits per heavy atom. The van der Waals surface area contributed by atoms with E-state index in [1.807, 2.05) is 61.1 Å². The maximum absolute atomic E-state index is 13.2. The molecular formula is C26H22N6O. The van der Waals surface area contributed by atoms with Crippen molar-refractivity contribution < 1.29 is 0 Å². The summed E-state index contributed by atoms with van der Waals surface area (Å²) >= 11 is 0. The molecule has 162 valence electrons. The lowest BCUT2D eigenvalue weighted by Gasteiger charge is -2.19. The van der Waals surface area contributed by atoms with E-state index in [1.54, 1.807) is 6.20 Å². The molecule has 0 bridgehead atoms. The van der Waals surface area contributed by atoms with Crippen LogP contribution in [-0.4, -0.2) is 24.4 Å². The molecule has 0 aliphatic heterocycles. The fraction of sp³-hybridized carbons (Fsp3) is 0.154. The topological polar surface area (TPSA) is 91.8 Å². The number of hydrogen-bond acceptors (Lipinski definition) is 4. The molecule has 0 saturated heterocycles. The normalized spacial score (nSPS) is 11.4. The maximum atomic E-state index is 13.2. The number of hydrogen-bond donors (Lipinski definition) is 1. The number of fused-ring (bicyclic) bond motifs is 1. The predicted octanol–water partition coefficient (Wildman–Crippen LogP) is 4.52. The first kappa shape index (κ1) is 20.5. The van der Waals surface area contributed by atoms with E-state index < -0.39 is 0 Å². The first-order valence-electron chi connectivity index (χ1n) is 10.8. The summed E-state index contributed by atoms with van der Waals surface area (Å²) in [6.07, 6.45) is 5.11. The van der Waals surface area contributed by atoms with E-state index in [0.717, 1.165) is 16.7 Å². The molecule has 0 aliphatic rings. The van der Waals surface area contributed by atoms with Gasteiger partial charge in [-0.15, -0.1) is 0 Å². The van der Waals surface area contributed by atoms with Crippen LogP contribution in [-0.2, 0) is 0 Å². The van der Waals surface area contributed by atoms with Gasteiger partial charge in [-0.25, -0.2) is 0 Å². The van der Waals surface area contributed by atoms with E-state index in [2.05, 4.69) is 40.4 Å². The summed E-state index contributed by atoms with van der Waals surface area (Å²) in [6, 6.07) is 22.3. The molecule has 33 heavy (non-hydrogen) atoms. The highest BCUT2D eigenvalue weighted by atomic mass is 16.1. The number of rotatable bonds is 5. The van der Waals surface area contributed by atoms with Crippen molar-refractivity contribution in [2.24, 2.45) is 0 Å². The Labute approximate surface area is 190 Å². The second-order valence-electron chi connectivity index (χ2n) is 8.24. The zero-order valence-electron chi connectivity index (χ0n) is 18.3. The van der Waals surface area contributed by atoms with Crippen LogP contribution in [0.15, 0.2) is 84.0 Å². The van der Waals surface area contributed by atoms with E-state index in [-0.39, 0.29) is 17.5 Å². The van der Waals surface area contributed by atoms with Gasteiger partial charge in [-0.2, -0.15) is 20.0 Å². The average molecular weight is 435 g/mol. The van der Waals surface area contributed by atoms with E-state index in [4.69, 9.17) is 5.10 Å². The van der Waals surface area contributed by atoms with Crippen molar-refractivity contribution in [2.75, 3.05) is 0 Å². The summed E-state index contributed by atoms with van der Waals surface area (Å²) in [5.41, 5.74) is 4.73. The molecule has 7 heteroatoms. The number of aromatic amines is 1. The van der Waals surface area contributed by atoms with Gasteiger partial charge in [-0.05, 0) is 17.0 Å². The maximum Gasteiger partial charge on any atom is 0.278 e. The second-order valence-corrected chi connectivity index (χ2v) is 8.24. The molecule has 0 atom stereocenters. The summed E-state index contributed by atoms with van der Waals surface area (Å²) in [6.45, 7) is 3.94. The number of nitriles is 1. The molecular weight excluding hydrogens is 412 g/mol. The van der Waals surface area contributed by atoms with Crippen molar-refractivity contribution in [3.05, 3.63) is 112 Å². The van der Waals surface area contributed by atoms with Crippen LogP contribution in [0.4, 0.5) is 0 Å². The van der Waals surface area contributed by atoms with Gasteiger partial charge in [0.25, 0.3) is 5.56 Å². The summed E-state index contributed by atoms with van der Waals surface area (Å²) in [4.78, 5) is 16.5. The third-order valence-corrected chi connectivity index (χ3v) is 5.79. The molecule has 5 rings (SSSR count). The summed E-state index contributed by atoms with van der Waals surface area (Å²) < 4.78 is 3.17. The van der Waals surface area contributed by atoms with Crippen LogP contribution in [0, 0.1) is 11.3 Å². The number of benzene rings is 2. The third-order valence-electron chi connectivity index (χ3n) is 5.79. The number of aromatic nitrogens is 5. The Hall–Kier alpha value is -4.44. The Morgan fingerprint density at radius 2 is 1.58 bits per heavy atom. The Balaban J connectivity index is 1.70. The van der Waals surface area contributed by atoms with Gasteiger partial charge in [0.15, 0.2) is 5.65 Å². The van der Waals surface area contributed by atoms with Crippen LogP contribution in [0.25, 0.3) is 16.9 Å². The molecule has 1 N–H and O–H groups in total. The molecule has 3 aromatic heterocycles. The van der Waals surface area contributed by atoms with E-state index >= 15 is 0 Å². The van der Waals surface area contributed by atoms with Gasteiger partial charge in [-0.1, -0.05) is 74.5 Å². The molecule has 0 amide bonds. The van der Waals surface area contributed by atoms with E-state index in [9.17, 15) is 10.1 Å². The monoisotopic (exact) mass is 434 g/mol. The van der Waals surface area contributed by atoms with Crippen LogP contribution >= 0.6 is 0 Å². The van der Waals surface area contributed by atoms with E-state index in [0.29, 0.717) is 22.5 Å². The zero-order valence-corrected chi connectivity index (χ0v) is 18.3. The molecule has 0 fully saturated rings. The molecule has 2 aromatic carbocycles. The quantitative estimate of drug-likeness (QED) is 0.440. The summed E-state index contributed by atoms with van der Waals surface area (Å²) in [5, 5.41) is 18.2. The van der Waals surface area contributed by atoms with E-state index in [1.165, 1.54) is 10.7 Å². The Kier molecular flexibility index (Phi) is 5.11. The lowest BCUT2D eigenvalue weighted by Crippen LogP contribution is -2.22. The van der Waals surface area contributed by atoms with Crippen LogP contribution in [0.1, 0.15) is 48.1 Å². The average Bonchev–Trinajstić information content (AvgIpc) is 3.48. The van der Waals surface area contributed by atoms with Gasteiger partial charge in [0, 0.05) is 17.3 Å². The van der Waals surface area contributed by atoms with Crippen molar-refractivity contribution in [3.63, 3.8) is 0 Å². The first-order chi connectivity index (χ1) is 16.1. The van der Waals surface area contributed by atoms with Crippen molar-refractivity contribution in [3.8, 4) is 17.3 Å². The summed E-state index contributed by atoms with van der Waals surface area (Å²) in [7, 11) is 0. The lowest BCUT2D eigenvalue weighted by molar-refractivity contribution is 0.596. The Bertz CT molecular complexity index is 1480. The number of nitrogens with zero attached hydrogens (tertiary/aromatic N) is 5. The molecule has 0 unspecified atom stereocenters. The van der Waals surface area contributed by atoms with Gasteiger partial charge >= 0.3 is 0 Å². The molecule has 7 nitrogen and oxygen atoms in total. The summed E-state index contributed by atoms with van der Waals surface area (Å²) in [5.74, 6) is -0.0507. The van der Waals surface area contributed by atoms with Crippen molar-refractivity contribution >= 4 is 5.65 Å². The Morgan fingerprint density at radius 1 is 0.939 bits per heavy atom. The molecule has 3 heterocycles. The molecule has 0 spiro atoms. The smallest absolute Gasteiger partial charge is 0.278 e. The van der Waals surface area contributed by atoms with Gasteiger partial charge in [0.1, 0.15) is 17.7 Å². The van der Waals surface area contributed by atoms with Gasteiger partial charge < -0.3 is 4.98 Å². The molecule has 0 radical (unpaired) electrons. The minimum Gasteiger partial charge on any atom is -0.338 e.